The van der Waals surface area contributed by atoms with Gasteiger partial charge in [-0.15, -0.1) is 0 Å². The molecule has 0 bridgehead atoms. The number of hydrogen-bond acceptors (Lipinski definition) is 4. The van der Waals surface area contributed by atoms with Crippen molar-refractivity contribution < 1.29 is 31.1 Å². The van der Waals surface area contributed by atoms with Crippen LogP contribution in [-0.4, -0.2) is 20.9 Å². The zero-order valence-corrected chi connectivity index (χ0v) is 17.6. The van der Waals surface area contributed by atoms with E-state index in [0.717, 1.165) is 17.7 Å². The van der Waals surface area contributed by atoms with Gasteiger partial charge in [0, 0.05) is 11.4 Å². The van der Waals surface area contributed by atoms with Crippen LogP contribution in [-0.2, 0) is 21.0 Å². The number of carbonyl (C=O) groups is 1. The third kappa shape index (κ3) is 6.01. The molecule has 0 atom stereocenters. The Bertz CT molecular complexity index is 1210. The lowest BCUT2D eigenvalue weighted by atomic mass is 10.2. The van der Waals surface area contributed by atoms with Gasteiger partial charge in [0.1, 0.15) is 5.75 Å². The molecule has 3 aromatic rings. The normalized spacial score (nSPS) is 11.6. The van der Waals surface area contributed by atoms with E-state index in [2.05, 4.69) is 10.0 Å². The number of alkyl halides is 3. The Balaban J connectivity index is 1.63. The Hall–Kier alpha value is -3.53. The maximum absolute atomic E-state index is 12.8. The number of carbonyl (C=O) groups excluding carboxylic acids is 1. The van der Waals surface area contributed by atoms with Gasteiger partial charge < -0.3 is 10.1 Å². The topological polar surface area (TPSA) is 84.5 Å². The fourth-order valence-electron chi connectivity index (χ4n) is 2.75. The number of amides is 1. The number of nitrogens with one attached hydrogen (secondary N) is 2. The zero-order valence-electron chi connectivity index (χ0n) is 16.8. The van der Waals surface area contributed by atoms with Crippen LogP contribution in [0.3, 0.4) is 0 Å². The summed E-state index contributed by atoms with van der Waals surface area (Å²) in [5.74, 6) is 0.135. The molecule has 10 heteroatoms. The second-order valence-electron chi connectivity index (χ2n) is 6.81. The number of para-hydroxylation sites is 1. The summed E-state index contributed by atoms with van der Waals surface area (Å²) >= 11 is 0. The lowest BCUT2D eigenvalue weighted by molar-refractivity contribution is -0.137. The van der Waals surface area contributed by atoms with Gasteiger partial charge >= 0.3 is 6.18 Å². The van der Waals surface area contributed by atoms with Crippen LogP contribution in [0.15, 0.2) is 77.7 Å². The second-order valence-corrected chi connectivity index (χ2v) is 8.49. The Kier molecular flexibility index (Phi) is 6.73. The van der Waals surface area contributed by atoms with Crippen LogP contribution in [0.2, 0.25) is 0 Å². The Labute approximate surface area is 183 Å². The van der Waals surface area contributed by atoms with Crippen molar-refractivity contribution in [3.63, 3.8) is 0 Å². The number of anilines is 2. The van der Waals surface area contributed by atoms with Crippen LogP contribution in [0.4, 0.5) is 24.5 Å². The molecule has 0 saturated carbocycles. The van der Waals surface area contributed by atoms with Crippen molar-refractivity contribution >= 4 is 27.3 Å². The highest BCUT2D eigenvalue weighted by Gasteiger charge is 2.30. The van der Waals surface area contributed by atoms with E-state index in [-0.39, 0.29) is 17.2 Å². The first-order chi connectivity index (χ1) is 15.0. The van der Waals surface area contributed by atoms with E-state index in [1.54, 1.807) is 12.1 Å². The van der Waals surface area contributed by atoms with E-state index in [1.165, 1.54) is 30.3 Å². The van der Waals surface area contributed by atoms with Crippen molar-refractivity contribution in [1.82, 2.24) is 0 Å². The molecule has 0 aliphatic heterocycles. The van der Waals surface area contributed by atoms with Crippen molar-refractivity contribution in [3.05, 3.63) is 83.9 Å². The highest BCUT2D eigenvalue weighted by atomic mass is 32.2. The Morgan fingerprint density at radius 3 is 2.28 bits per heavy atom. The fourth-order valence-corrected chi connectivity index (χ4v) is 3.80. The molecule has 0 unspecified atom stereocenters. The first kappa shape index (κ1) is 23.1. The van der Waals surface area contributed by atoms with Gasteiger partial charge in [-0.2, -0.15) is 13.2 Å². The average molecular weight is 464 g/mol. The highest BCUT2D eigenvalue weighted by Crippen LogP contribution is 2.31. The minimum atomic E-state index is -4.59. The molecule has 2 N–H and O–H groups in total. The van der Waals surface area contributed by atoms with Crippen molar-refractivity contribution in [3.8, 4) is 5.75 Å². The summed E-state index contributed by atoms with van der Waals surface area (Å²) in [4.78, 5) is 11.9. The molecule has 3 rings (SSSR count). The van der Waals surface area contributed by atoms with E-state index in [1.807, 2.05) is 19.1 Å². The van der Waals surface area contributed by atoms with Crippen molar-refractivity contribution in [2.45, 2.75) is 18.0 Å². The molecule has 0 spiro atoms. The molecule has 0 heterocycles. The van der Waals surface area contributed by atoms with Gasteiger partial charge in [-0.1, -0.05) is 24.3 Å². The molecule has 3 aromatic carbocycles. The molecule has 0 saturated heterocycles. The van der Waals surface area contributed by atoms with Crippen LogP contribution in [0.5, 0.6) is 5.75 Å². The van der Waals surface area contributed by atoms with Crippen molar-refractivity contribution in [2.24, 2.45) is 0 Å². The van der Waals surface area contributed by atoms with Gasteiger partial charge in [0.2, 0.25) is 0 Å². The molecule has 32 heavy (non-hydrogen) atoms. The smallest absolute Gasteiger partial charge is 0.416 e. The predicted octanol–water partition coefficient (Wildman–Crippen LogP) is 4.83. The van der Waals surface area contributed by atoms with E-state index in [4.69, 9.17) is 4.74 Å². The third-order valence-corrected chi connectivity index (χ3v) is 5.74. The number of aryl methyl sites for hydroxylation is 1. The SMILES string of the molecule is Cc1ccccc1OCC(=O)Nc1ccc(S(=O)(=O)Nc2cccc(C(F)(F)F)c2)cc1. The van der Waals surface area contributed by atoms with Crippen LogP contribution < -0.4 is 14.8 Å². The second kappa shape index (κ2) is 9.31. The Morgan fingerprint density at radius 1 is 0.938 bits per heavy atom. The summed E-state index contributed by atoms with van der Waals surface area (Å²) in [7, 11) is -4.13. The first-order valence-electron chi connectivity index (χ1n) is 9.33. The summed E-state index contributed by atoms with van der Waals surface area (Å²) in [6, 6.07) is 16.3. The minimum Gasteiger partial charge on any atom is -0.483 e. The number of sulfonamides is 1. The number of ether oxygens (including phenoxy) is 1. The molecular formula is C22H19F3N2O4S. The van der Waals surface area contributed by atoms with Crippen molar-refractivity contribution in [2.75, 3.05) is 16.6 Å². The molecule has 6 nitrogen and oxygen atoms in total. The lowest BCUT2D eigenvalue weighted by Crippen LogP contribution is -2.20. The van der Waals surface area contributed by atoms with Crippen LogP contribution in [0, 0.1) is 6.92 Å². The van der Waals surface area contributed by atoms with Crippen LogP contribution in [0.1, 0.15) is 11.1 Å². The maximum atomic E-state index is 12.8. The summed E-state index contributed by atoms with van der Waals surface area (Å²) in [5, 5.41) is 2.58. The summed E-state index contributed by atoms with van der Waals surface area (Å²) in [6.07, 6.45) is -4.59. The van der Waals surface area contributed by atoms with Gasteiger partial charge in [0.25, 0.3) is 15.9 Å². The Morgan fingerprint density at radius 2 is 1.62 bits per heavy atom. The monoisotopic (exact) mass is 464 g/mol. The van der Waals surface area contributed by atoms with E-state index >= 15 is 0 Å². The first-order valence-corrected chi connectivity index (χ1v) is 10.8. The molecule has 1 amide bonds. The zero-order chi connectivity index (χ0) is 23.4. The molecular weight excluding hydrogens is 445 g/mol. The molecule has 0 radical (unpaired) electrons. The van der Waals surface area contributed by atoms with E-state index in [9.17, 15) is 26.4 Å². The van der Waals surface area contributed by atoms with Gasteiger partial charge in [0.15, 0.2) is 6.61 Å². The minimum absolute atomic E-state index is 0.177. The standard InChI is InChI=1S/C22H19F3N2O4S/c1-15-5-2-3-8-20(15)31-14-21(28)26-17-9-11-19(12-10-17)32(29,30)27-18-7-4-6-16(13-18)22(23,24)25/h2-13,27H,14H2,1H3,(H,26,28). The van der Waals surface area contributed by atoms with Crippen LogP contribution >= 0.6 is 0 Å². The largest absolute Gasteiger partial charge is 0.483 e. The number of rotatable bonds is 7. The highest BCUT2D eigenvalue weighted by molar-refractivity contribution is 7.92. The number of halogens is 3. The van der Waals surface area contributed by atoms with E-state index in [0.29, 0.717) is 17.5 Å². The average Bonchev–Trinajstić information content (AvgIpc) is 2.73. The molecule has 0 aromatic heterocycles. The van der Waals surface area contributed by atoms with Gasteiger partial charge in [-0.05, 0) is 61.0 Å². The molecule has 0 aliphatic carbocycles. The number of benzene rings is 3. The van der Waals surface area contributed by atoms with Gasteiger partial charge in [-0.3, -0.25) is 9.52 Å². The molecule has 168 valence electrons. The maximum Gasteiger partial charge on any atom is 0.416 e. The lowest BCUT2D eigenvalue weighted by Gasteiger charge is -2.12. The molecule has 0 aliphatic rings. The number of hydrogen-bond donors (Lipinski definition) is 2. The predicted molar refractivity (Wildman–Crippen MR) is 114 cm³/mol. The summed E-state index contributed by atoms with van der Waals surface area (Å²) < 4.78 is 71.0. The van der Waals surface area contributed by atoms with Gasteiger partial charge in [-0.25, -0.2) is 8.42 Å². The quantitative estimate of drug-likeness (QED) is 0.525. The summed E-state index contributed by atoms with van der Waals surface area (Å²) in [5.41, 5.74) is 0.0266. The van der Waals surface area contributed by atoms with Crippen molar-refractivity contribution in [1.29, 1.82) is 0 Å². The molecule has 0 fully saturated rings. The van der Waals surface area contributed by atoms with Crippen LogP contribution in [0.25, 0.3) is 0 Å². The summed E-state index contributed by atoms with van der Waals surface area (Å²) in [6.45, 7) is 1.61. The van der Waals surface area contributed by atoms with E-state index < -0.39 is 27.7 Å². The fraction of sp³-hybridized carbons (Fsp3) is 0.136. The third-order valence-electron chi connectivity index (χ3n) is 4.34. The van der Waals surface area contributed by atoms with Gasteiger partial charge in [0.05, 0.1) is 10.5 Å².